The molecule has 2 rings (SSSR count). The number of nitrogens with one attached hydrogen (secondary N) is 1. The van der Waals surface area contributed by atoms with Crippen molar-refractivity contribution in [1.82, 2.24) is 5.32 Å². The molecule has 0 aromatic heterocycles. The van der Waals surface area contributed by atoms with Crippen LogP contribution < -0.4 is 14.8 Å². The van der Waals surface area contributed by atoms with E-state index in [1.54, 1.807) is 44.6 Å². The van der Waals surface area contributed by atoms with Crippen LogP contribution in [0, 0.1) is 0 Å². The number of ether oxygens (including phenoxy) is 3. The van der Waals surface area contributed by atoms with Gasteiger partial charge in [0, 0.05) is 10.5 Å². The fraction of sp³-hybridized carbons (Fsp3) is 0.300. The number of methoxy groups -OCH3 is 2. The Morgan fingerprint density at radius 1 is 1.11 bits per heavy atom. The molecule has 2 aromatic rings. The molecule has 144 valence electrons. The van der Waals surface area contributed by atoms with Gasteiger partial charge in [-0.1, -0.05) is 12.1 Å². The third-order valence-corrected chi connectivity index (χ3v) is 4.74. The smallest absolute Gasteiger partial charge is 0.339 e. The summed E-state index contributed by atoms with van der Waals surface area (Å²) in [5, 5.41) is 2.80. The van der Waals surface area contributed by atoms with Gasteiger partial charge < -0.3 is 19.5 Å². The Hall–Kier alpha value is -2.67. The summed E-state index contributed by atoms with van der Waals surface area (Å²) in [6, 6.07) is 12.1. The molecule has 2 aromatic carbocycles. The Kier molecular flexibility index (Phi) is 7.55. The van der Waals surface area contributed by atoms with Crippen molar-refractivity contribution in [2.24, 2.45) is 0 Å². The second-order valence-electron chi connectivity index (χ2n) is 5.67. The van der Waals surface area contributed by atoms with E-state index in [1.807, 2.05) is 25.3 Å². The van der Waals surface area contributed by atoms with E-state index in [0.29, 0.717) is 17.1 Å². The lowest BCUT2D eigenvalue weighted by molar-refractivity contribution is -0.124. The summed E-state index contributed by atoms with van der Waals surface area (Å²) in [4.78, 5) is 25.2. The van der Waals surface area contributed by atoms with Gasteiger partial charge in [-0.2, -0.15) is 0 Å². The van der Waals surface area contributed by atoms with E-state index in [1.165, 1.54) is 11.8 Å². The molecule has 7 heteroatoms. The van der Waals surface area contributed by atoms with Gasteiger partial charge in [-0.3, -0.25) is 4.79 Å². The lowest BCUT2D eigenvalue weighted by atomic mass is 10.1. The molecular weight excluding hydrogens is 366 g/mol. The minimum atomic E-state index is -0.526. The van der Waals surface area contributed by atoms with Crippen molar-refractivity contribution in [2.45, 2.75) is 17.9 Å². The van der Waals surface area contributed by atoms with Crippen molar-refractivity contribution >= 4 is 23.6 Å². The van der Waals surface area contributed by atoms with Crippen LogP contribution in [0.25, 0.3) is 0 Å². The van der Waals surface area contributed by atoms with Gasteiger partial charge in [0.05, 0.1) is 25.8 Å². The van der Waals surface area contributed by atoms with Gasteiger partial charge in [-0.25, -0.2) is 4.79 Å². The molecule has 0 bridgehead atoms. The van der Waals surface area contributed by atoms with Crippen LogP contribution in [0.2, 0.25) is 0 Å². The molecule has 27 heavy (non-hydrogen) atoms. The predicted molar refractivity (Wildman–Crippen MR) is 105 cm³/mol. The van der Waals surface area contributed by atoms with Gasteiger partial charge in [0.2, 0.25) is 0 Å². The number of carbonyl (C=O) groups is 2. The van der Waals surface area contributed by atoms with E-state index in [4.69, 9.17) is 14.2 Å². The third kappa shape index (κ3) is 5.40. The summed E-state index contributed by atoms with van der Waals surface area (Å²) in [5.74, 6) is 0.366. The van der Waals surface area contributed by atoms with Gasteiger partial charge >= 0.3 is 5.97 Å². The monoisotopic (exact) mass is 389 g/mol. The average molecular weight is 389 g/mol. The molecule has 0 heterocycles. The molecule has 0 radical (unpaired) electrons. The van der Waals surface area contributed by atoms with Crippen LogP contribution in [-0.2, 0) is 9.53 Å². The van der Waals surface area contributed by atoms with Crippen molar-refractivity contribution in [3.8, 4) is 11.5 Å². The first-order valence-corrected chi connectivity index (χ1v) is 9.54. The average Bonchev–Trinajstić information content (AvgIpc) is 2.71. The van der Waals surface area contributed by atoms with E-state index in [9.17, 15) is 9.59 Å². The number of amides is 1. The standard InChI is InChI=1S/C20H23NO5S/c1-13(16-11-14(24-2)9-10-17(16)25-3)21-19(22)12-26-20(23)15-7-5-6-8-18(15)27-4/h5-11,13H,12H2,1-4H3,(H,21,22)/t13-/m1/s1. The summed E-state index contributed by atoms with van der Waals surface area (Å²) < 4.78 is 15.7. The van der Waals surface area contributed by atoms with E-state index < -0.39 is 11.9 Å². The van der Waals surface area contributed by atoms with Crippen LogP contribution in [0.15, 0.2) is 47.4 Å². The molecule has 1 N–H and O–H groups in total. The Bertz CT molecular complexity index is 809. The highest BCUT2D eigenvalue weighted by molar-refractivity contribution is 7.98. The summed E-state index contributed by atoms with van der Waals surface area (Å²) in [6.45, 7) is 1.46. The molecule has 0 saturated heterocycles. The summed E-state index contributed by atoms with van der Waals surface area (Å²) in [6.07, 6.45) is 1.88. The molecule has 6 nitrogen and oxygen atoms in total. The number of thioether (sulfide) groups is 1. The maximum atomic E-state index is 12.2. The van der Waals surface area contributed by atoms with E-state index >= 15 is 0 Å². The first-order chi connectivity index (χ1) is 13.0. The van der Waals surface area contributed by atoms with E-state index in [2.05, 4.69) is 5.32 Å². The summed E-state index contributed by atoms with van der Waals surface area (Å²) in [7, 11) is 3.13. The lowest BCUT2D eigenvalue weighted by Crippen LogP contribution is -2.31. The summed E-state index contributed by atoms with van der Waals surface area (Å²) in [5.41, 5.74) is 1.21. The van der Waals surface area contributed by atoms with Crippen molar-refractivity contribution in [1.29, 1.82) is 0 Å². The molecule has 1 amide bonds. The van der Waals surface area contributed by atoms with Crippen LogP contribution in [0.3, 0.4) is 0 Å². The van der Waals surface area contributed by atoms with Gasteiger partial charge in [0.25, 0.3) is 5.91 Å². The zero-order valence-corrected chi connectivity index (χ0v) is 16.6. The molecule has 0 aliphatic heterocycles. The van der Waals surface area contributed by atoms with Gasteiger partial charge in [-0.15, -0.1) is 11.8 Å². The molecule has 0 unspecified atom stereocenters. The molecule has 1 atom stereocenters. The minimum absolute atomic E-state index is 0.347. The molecule has 0 aliphatic rings. The number of rotatable bonds is 8. The van der Waals surface area contributed by atoms with Gasteiger partial charge in [-0.05, 0) is 43.5 Å². The van der Waals surface area contributed by atoms with Gasteiger partial charge in [0.1, 0.15) is 11.5 Å². The Morgan fingerprint density at radius 3 is 2.52 bits per heavy atom. The topological polar surface area (TPSA) is 73.9 Å². The van der Waals surface area contributed by atoms with Crippen LogP contribution in [0.1, 0.15) is 28.9 Å². The number of esters is 1. The number of benzene rings is 2. The first kappa shape index (κ1) is 20.6. The molecule has 0 fully saturated rings. The third-order valence-electron chi connectivity index (χ3n) is 3.94. The highest BCUT2D eigenvalue weighted by Gasteiger charge is 2.18. The van der Waals surface area contributed by atoms with E-state index in [-0.39, 0.29) is 12.6 Å². The minimum Gasteiger partial charge on any atom is -0.497 e. The fourth-order valence-electron chi connectivity index (χ4n) is 2.56. The fourth-order valence-corrected chi connectivity index (χ4v) is 3.15. The zero-order chi connectivity index (χ0) is 19.8. The largest absolute Gasteiger partial charge is 0.497 e. The highest BCUT2D eigenvalue weighted by atomic mass is 32.2. The maximum absolute atomic E-state index is 12.2. The highest BCUT2D eigenvalue weighted by Crippen LogP contribution is 2.29. The SMILES string of the molecule is COc1ccc(OC)c([C@@H](C)NC(=O)COC(=O)c2ccccc2SC)c1. The number of hydrogen-bond donors (Lipinski definition) is 1. The Balaban J connectivity index is 1.98. The van der Waals surface area contributed by atoms with Crippen molar-refractivity contribution in [3.63, 3.8) is 0 Å². The van der Waals surface area contributed by atoms with Crippen molar-refractivity contribution in [2.75, 3.05) is 27.1 Å². The number of hydrogen-bond acceptors (Lipinski definition) is 6. The molecule has 0 aliphatic carbocycles. The van der Waals surface area contributed by atoms with Crippen LogP contribution in [0.4, 0.5) is 0 Å². The normalized spacial score (nSPS) is 11.4. The lowest BCUT2D eigenvalue weighted by Gasteiger charge is -2.18. The maximum Gasteiger partial charge on any atom is 0.339 e. The first-order valence-electron chi connectivity index (χ1n) is 8.31. The molecule has 0 saturated carbocycles. The second kappa shape index (κ2) is 9.87. The van der Waals surface area contributed by atoms with Crippen molar-refractivity contribution < 1.29 is 23.8 Å². The predicted octanol–water partition coefficient (Wildman–Crippen LogP) is 3.46. The Morgan fingerprint density at radius 2 is 1.85 bits per heavy atom. The Labute approximate surface area is 163 Å². The zero-order valence-electron chi connectivity index (χ0n) is 15.8. The van der Waals surface area contributed by atoms with Crippen molar-refractivity contribution in [3.05, 3.63) is 53.6 Å². The second-order valence-corrected chi connectivity index (χ2v) is 6.52. The van der Waals surface area contributed by atoms with Crippen LogP contribution in [-0.4, -0.2) is 39.0 Å². The number of carbonyl (C=O) groups excluding carboxylic acids is 2. The summed E-state index contributed by atoms with van der Waals surface area (Å²) >= 11 is 1.45. The van der Waals surface area contributed by atoms with Crippen LogP contribution in [0.5, 0.6) is 11.5 Å². The quantitative estimate of drug-likeness (QED) is 0.551. The van der Waals surface area contributed by atoms with E-state index in [0.717, 1.165) is 10.5 Å². The van der Waals surface area contributed by atoms with Gasteiger partial charge in [0.15, 0.2) is 6.61 Å². The van der Waals surface area contributed by atoms with Crippen LogP contribution >= 0.6 is 11.8 Å². The molecule has 0 spiro atoms. The molecular formula is C20H23NO5S.